The Morgan fingerprint density at radius 3 is 2.43 bits per heavy atom. The molecule has 6 heteroatoms. The van der Waals surface area contributed by atoms with Crippen LogP contribution in [0.2, 0.25) is 0 Å². The molecule has 1 rings (SSSR count). The molecule has 0 spiro atoms. The quantitative estimate of drug-likeness (QED) is 0.434. The van der Waals surface area contributed by atoms with Crippen molar-refractivity contribution in [1.29, 1.82) is 0 Å². The monoisotopic (exact) mass is 198 g/mol. The molecule has 0 atom stereocenters. The number of carbonyl (C=O) groups excluding carboxylic acids is 3. The van der Waals surface area contributed by atoms with E-state index in [1.54, 1.807) is 0 Å². The molecule has 1 aliphatic heterocycles. The van der Waals surface area contributed by atoms with Gasteiger partial charge in [-0.05, 0) is 0 Å². The number of nitrogens with zero attached hydrogens (tertiary/aromatic N) is 1. The van der Waals surface area contributed by atoms with Crippen LogP contribution in [0.1, 0.15) is 0 Å². The lowest BCUT2D eigenvalue weighted by Crippen LogP contribution is -2.34. The third-order valence-electron chi connectivity index (χ3n) is 1.65. The highest BCUT2D eigenvalue weighted by Crippen LogP contribution is 2.02. The van der Waals surface area contributed by atoms with E-state index in [-0.39, 0.29) is 19.7 Å². The summed E-state index contributed by atoms with van der Waals surface area (Å²) in [6.45, 7) is -0.161. The number of carbonyl (C=O) groups is 3. The van der Waals surface area contributed by atoms with Gasteiger partial charge in [-0.3, -0.25) is 19.3 Å². The molecular weight excluding hydrogens is 188 g/mol. The Kier molecular flexibility index (Phi) is 3.35. The van der Waals surface area contributed by atoms with Crippen molar-refractivity contribution < 1.29 is 19.1 Å². The van der Waals surface area contributed by atoms with Gasteiger partial charge in [-0.25, -0.2) is 0 Å². The van der Waals surface area contributed by atoms with Crippen molar-refractivity contribution in [3.8, 4) is 0 Å². The lowest BCUT2D eigenvalue weighted by molar-refractivity contribution is -0.146. The average molecular weight is 198 g/mol. The molecule has 1 heterocycles. The van der Waals surface area contributed by atoms with Gasteiger partial charge in [0.05, 0.1) is 13.1 Å². The maximum absolute atomic E-state index is 11.0. The predicted molar refractivity (Wildman–Crippen MR) is 45.9 cm³/mol. The van der Waals surface area contributed by atoms with Crippen molar-refractivity contribution in [2.75, 3.05) is 19.7 Å². The zero-order valence-corrected chi connectivity index (χ0v) is 7.43. The summed E-state index contributed by atoms with van der Waals surface area (Å²) in [4.78, 5) is 33.6. The van der Waals surface area contributed by atoms with Gasteiger partial charge in [0.1, 0.15) is 6.61 Å². The average Bonchev–Trinajstić information content (AvgIpc) is 2.48. The zero-order chi connectivity index (χ0) is 10.6. The van der Waals surface area contributed by atoms with E-state index in [1.165, 1.54) is 12.2 Å². The summed E-state index contributed by atoms with van der Waals surface area (Å²) >= 11 is 0. The molecule has 76 valence electrons. The Labute approximate surface area is 80.3 Å². The Bertz CT molecular complexity index is 280. The number of rotatable bonds is 4. The van der Waals surface area contributed by atoms with E-state index in [9.17, 15) is 14.4 Å². The number of hydrogen-bond donors (Lipinski definition) is 1. The number of ether oxygens (including phenoxy) is 1. The maximum Gasteiger partial charge on any atom is 0.319 e. The topological polar surface area (TPSA) is 89.7 Å². The Hall–Kier alpha value is -1.69. The van der Waals surface area contributed by atoms with Gasteiger partial charge in [-0.2, -0.15) is 0 Å². The molecule has 0 unspecified atom stereocenters. The van der Waals surface area contributed by atoms with E-state index in [4.69, 9.17) is 5.73 Å². The zero-order valence-electron chi connectivity index (χ0n) is 7.43. The van der Waals surface area contributed by atoms with Crippen LogP contribution in [0.15, 0.2) is 12.2 Å². The van der Waals surface area contributed by atoms with Gasteiger partial charge in [-0.1, -0.05) is 0 Å². The minimum atomic E-state index is -0.558. The predicted octanol–water partition coefficient (Wildman–Crippen LogP) is -1.59. The Morgan fingerprint density at radius 2 is 1.93 bits per heavy atom. The van der Waals surface area contributed by atoms with Crippen molar-refractivity contribution in [3.63, 3.8) is 0 Å². The molecule has 0 aromatic rings. The molecule has 0 bridgehead atoms. The summed E-state index contributed by atoms with van der Waals surface area (Å²) in [5, 5.41) is 0. The largest absolute Gasteiger partial charge is 0.463 e. The molecule has 0 aromatic carbocycles. The summed E-state index contributed by atoms with van der Waals surface area (Å²) in [7, 11) is 0. The number of hydrogen-bond acceptors (Lipinski definition) is 5. The molecule has 14 heavy (non-hydrogen) atoms. The smallest absolute Gasteiger partial charge is 0.319 e. The van der Waals surface area contributed by atoms with Gasteiger partial charge in [0, 0.05) is 12.2 Å². The van der Waals surface area contributed by atoms with E-state index in [1.807, 2.05) is 0 Å². The third kappa shape index (κ3) is 2.40. The molecule has 2 N–H and O–H groups in total. The first-order valence-electron chi connectivity index (χ1n) is 4.04. The highest BCUT2D eigenvalue weighted by Gasteiger charge is 2.22. The minimum absolute atomic E-state index is 0.0187. The van der Waals surface area contributed by atoms with Crippen LogP contribution in [0.4, 0.5) is 0 Å². The second kappa shape index (κ2) is 4.52. The molecule has 2 amide bonds. The summed E-state index contributed by atoms with van der Waals surface area (Å²) < 4.78 is 4.61. The number of amides is 2. The van der Waals surface area contributed by atoms with Gasteiger partial charge >= 0.3 is 5.97 Å². The van der Waals surface area contributed by atoms with Crippen LogP contribution in [0.5, 0.6) is 0 Å². The van der Waals surface area contributed by atoms with Crippen LogP contribution in [-0.4, -0.2) is 42.4 Å². The summed E-state index contributed by atoms with van der Waals surface area (Å²) in [5.41, 5.74) is 4.99. The van der Waals surface area contributed by atoms with Crippen molar-refractivity contribution in [2.45, 2.75) is 0 Å². The lowest BCUT2D eigenvalue weighted by Gasteiger charge is -2.12. The van der Waals surface area contributed by atoms with Crippen molar-refractivity contribution >= 4 is 17.8 Å². The van der Waals surface area contributed by atoms with E-state index in [0.29, 0.717) is 0 Å². The van der Waals surface area contributed by atoms with E-state index in [2.05, 4.69) is 4.74 Å². The highest BCUT2D eigenvalue weighted by molar-refractivity contribution is 6.12. The number of esters is 1. The summed E-state index contributed by atoms with van der Waals surface area (Å²) in [6.07, 6.45) is 2.35. The maximum atomic E-state index is 11.0. The van der Waals surface area contributed by atoms with Crippen LogP contribution in [0, 0.1) is 0 Å². The van der Waals surface area contributed by atoms with Crippen LogP contribution in [-0.2, 0) is 19.1 Å². The second-order valence-electron chi connectivity index (χ2n) is 2.59. The van der Waals surface area contributed by atoms with Gasteiger partial charge in [-0.15, -0.1) is 0 Å². The first kappa shape index (κ1) is 10.4. The van der Waals surface area contributed by atoms with Crippen molar-refractivity contribution in [2.24, 2.45) is 5.73 Å². The fraction of sp³-hybridized carbons (Fsp3) is 0.375. The van der Waals surface area contributed by atoms with Crippen LogP contribution >= 0.6 is 0 Å². The number of imide groups is 1. The van der Waals surface area contributed by atoms with Gasteiger partial charge < -0.3 is 10.5 Å². The lowest BCUT2D eigenvalue weighted by atomic mass is 10.5. The molecule has 0 fully saturated rings. The standard InChI is InChI=1S/C8H10N2O4/c9-5-8(13)14-4-3-10-6(11)1-2-7(10)12/h1-2H,3-5,9H2. The molecule has 6 nitrogen and oxygen atoms in total. The van der Waals surface area contributed by atoms with Gasteiger partial charge in [0.15, 0.2) is 0 Å². The fourth-order valence-electron chi connectivity index (χ4n) is 0.961. The van der Waals surface area contributed by atoms with E-state index >= 15 is 0 Å². The van der Waals surface area contributed by atoms with Crippen LogP contribution in [0.3, 0.4) is 0 Å². The molecular formula is C8H10N2O4. The molecule has 1 aliphatic rings. The molecule has 0 saturated heterocycles. The van der Waals surface area contributed by atoms with Gasteiger partial charge in [0.25, 0.3) is 11.8 Å². The summed E-state index contributed by atoms with van der Waals surface area (Å²) in [6, 6.07) is 0. The first-order chi connectivity index (χ1) is 6.65. The van der Waals surface area contributed by atoms with Crippen LogP contribution in [0.25, 0.3) is 0 Å². The minimum Gasteiger partial charge on any atom is -0.463 e. The highest BCUT2D eigenvalue weighted by atomic mass is 16.5. The molecule has 0 aliphatic carbocycles. The van der Waals surface area contributed by atoms with Crippen molar-refractivity contribution in [3.05, 3.63) is 12.2 Å². The SMILES string of the molecule is NCC(=O)OCCN1C(=O)C=CC1=O. The molecule has 0 aromatic heterocycles. The number of nitrogens with two attached hydrogens (primary N) is 1. The second-order valence-corrected chi connectivity index (χ2v) is 2.59. The third-order valence-corrected chi connectivity index (χ3v) is 1.65. The van der Waals surface area contributed by atoms with Crippen molar-refractivity contribution in [1.82, 2.24) is 4.90 Å². The first-order valence-corrected chi connectivity index (χ1v) is 4.04. The normalized spacial score (nSPS) is 15.1. The summed E-state index contributed by atoms with van der Waals surface area (Å²) in [5.74, 6) is -1.34. The van der Waals surface area contributed by atoms with Gasteiger partial charge in [0.2, 0.25) is 0 Å². The fourth-order valence-corrected chi connectivity index (χ4v) is 0.961. The van der Waals surface area contributed by atoms with E-state index in [0.717, 1.165) is 4.90 Å². The Morgan fingerprint density at radius 1 is 1.36 bits per heavy atom. The molecule has 0 saturated carbocycles. The Balaban J connectivity index is 2.29. The van der Waals surface area contributed by atoms with E-state index < -0.39 is 17.8 Å². The molecule has 0 radical (unpaired) electrons. The van der Waals surface area contributed by atoms with Crippen LogP contribution < -0.4 is 5.73 Å².